The van der Waals surface area contributed by atoms with Gasteiger partial charge in [-0.15, -0.1) is 5.06 Å². The molecule has 1 aliphatic heterocycles. The predicted octanol–water partition coefficient (Wildman–Crippen LogP) is 1.57. The summed E-state index contributed by atoms with van der Waals surface area (Å²) >= 11 is 0. The Kier molecular flexibility index (Phi) is 4.71. The van der Waals surface area contributed by atoms with Crippen LogP contribution in [0.2, 0.25) is 0 Å². The van der Waals surface area contributed by atoms with E-state index in [0.29, 0.717) is 34.8 Å². The number of carbonyl (C=O) groups is 3. The summed E-state index contributed by atoms with van der Waals surface area (Å²) in [5, 5.41) is 1.08. The van der Waals surface area contributed by atoms with E-state index in [1.165, 1.54) is 0 Å². The minimum atomic E-state index is -0.759. The van der Waals surface area contributed by atoms with Gasteiger partial charge in [-0.2, -0.15) is 0 Å². The smallest absolute Gasteiger partial charge is 0.346 e. The Morgan fingerprint density at radius 1 is 1.10 bits per heavy atom. The number of aromatic nitrogens is 3. The summed E-state index contributed by atoms with van der Waals surface area (Å²) in [6.45, 7) is 1.73. The maximum Gasteiger partial charge on any atom is 0.363 e. The Balaban J connectivity index is 1.42. The molecule has 3 heterocycles. The van der Waals surface area contributed by atoms with Crippen molar-refractivity contribution in [1.29, 1.82) is 0 Å². The zero-order chi connectivity index (χ0) is 20.5. The summed E-state index contributed by atoms with van der Waals surface area (Å²) in [5.41, 5.74) is 2.45. The van der Waals surface area contributed by atoms with Crippen LogP contribution >= 0.6 is 0 Å². The first-order chi connectivity index (χ1) is 13.9. The Labute approximate surface area is 164 Å². The van der Waals surface area contributed by atoms with Crippen molar-refractivity contribution in [1.82, 2.24) is 20.0 Å². The second-order valence-corrected chi connectivity index (χ2v) is 6.85. The summed E-state index contributed by atoms with van der Waals surface area (Å²) in [4.78, 5) is 62.3. The van der Waals surface area contributed by atoms with Gasteiger partial charge in [0.15, 0.2) is 0 Å². The third-order valence-corrected chi connectivity index (χ3v) is 4.79. The van der Waals surface area contributed by atoms with E-state index in [9.17, 15) is 19.2 Å². The summed E-state index contributed by atoms with van der Waals surface area (Å²) in [6.07, 6.45) is 3.16. The highest BCUT2D eigenvalue weighted by Crippen LogP contribution is 2.17. The standard InChI is InChI=1S/C20H18N4O5/c1-11-22-18-17(19(27)23-11)14(10-21-18)7-4-12-2-5-13(6-3-12)20(28)29-24-15(25)8-9-16(24)26/h2-3,5-6,10H,4,7-9H2,1H3,(H2,21,22,23,27). The van der Waals surface area contributed by atoms with E-state index in [-0.39, 0.29) is 24.0 Å². The topological polar surface area (TPSA) is 125 Å². The highest BCUT2D eigenvalue weighted by molar-refractivity contribution is 6.02. The highest BCUT2D eigenvalue weighted by Gasteiger charge is 2.33. The van der Waals surface area contributed by atoms with Crippen LogP contribution < -0.4 is 5.56 Å². The van der Waals surface area contributed by atoms with Crippen LogP contribution in [0.5, 0.6) is 0 Å². The van der Waals surface area contributed by atoms with E-state index in [1.807, 2.05) is 0 Å². The number of imide groups is 1. The number of hydrogen-bond acceptors (Lipinski definition) is 6. The number of hydrogen-bond donors (Lipinski definition) is 2. The van der Waals surface area contributed by atoms with Gasteiger partial charge < -0.3 is 14.8 Å². The molecule has 0 aliphatic carbocycles. The van der Waals surface area contributed by atoms with E-state index in [2.05, 4.69) is 15.0 Å². The fraction of sp³-hybridized carbons (Fsp3) is 0.250. The van der Waals surface area contributed by atoms with Crippen molar-refractivity contribution < 1.29 is 19.2 Å². The number of fused-ring (bicyclic) bond motifs is 1. The minimum absolute atomic E-state index is 0.0524. The first-order valence-electron chi connectivity index (χ1n) is 9.16. The predicted molar refractivity (Wildman–Crippen MR) is 102 cm³/mol. The van der Waals surface area contributed by atoms with Crippen LogP contribution in [-0.2, 0) is 27.3 Å². The molecule has 0 radical (unpaired) electrons. The van der Waals surface area contributed by atoms with Gasteiger partial charge in [-0.1, -0.05) is 12.1 Å². The molecule has 0 bridgehead atoms. The Hall–Kier alpha value is -3.75. The molecule has 3 aromatic rings. The molecule has 1 aliphatic rings. The number of rotatable bonds is 5. The Morgan fingerprint density at radius 3 is 2.48 bits per heavy atom. The van der Waals surface area contributed by atoms with Crippen molar-refractivity contribution in [3.05, 3.63) is 63.3 Å². The monoisotopic (exact) mass is 394 g/mol. The van der Waals surface area contributed by atoms with E-state index in [1.54, 1.807) is 37.4 Å². The Morgan fingerprint density at radius 2 is 1.79 bits per heavy atom. The molecular weight excluding hydrogens is 376 g/mol. The molecule has 0 atom stereocenters. The number of aromatic amines is 2. The van der Waals surface area contributed by atoms with E-state index >= 15 is 0 Å². The molecule has 0 spiro atoms. The van der Waals surface area contributed by atoms with E-state index in [4.69, 9.17) is 4.84 Å². The second-order valence-electron chi connectivity index (χ2n) is 6.85. The molecule has 1 saturated heterocycles. The van der Waals surface area contributed by atoms with Crippen molar-refractivity contribution in [3.63, 3.8) is 0 Å². The third-order valence-electron chi connectivity index (χ3n) is 4.79. The number of hydroxylamine groups is 2. The van der Waals surface area contributed by atoms with Gasteiger partial charge in [-0.25, -0.2) is 9.78 Å². The van der Waals surface area contributed by atoms with Crippen LogP contribution in [0.3, 0.4) is 0 Å². The van der Waals surface area contributed by atoms with Crippen LogP contribution in [0.15, 0.2) is 35.3 Å². The highest BCUT2D eigenvalue weighted by atomic mass is 16.7. The molecule has 1 aromatic carbocycles. The second kappa shape index (κ2) is 7.34. The molecule has 0 unspecified atom stereocenters. The summed E-state index contributed by atoms with van der Waals surface area (Å²) in [7, 11) is 0. The first kappa shape index (κ1) is 18.6. The third kappa shape index (κ3) is 3.66. The van der Waals surface area contributed by atoms with Gasteiger partial charge in [0, 0.05) is 19.0 Å². The minimum Gasteiger partial charge on any atom is -0.346 e. The summed E-state index contributed by atoms with van der Waals surface area (Å²) in [6, 6.07) is 6.70. The van der Waals surface area contributed by atoms with Gasteiger partial charge in [0.2, 0.25) is 0 Å². The lowest BCUT2D eigenvalue weighted by molar-refractivity contribution is -0.172. The lowest BCUT2D eigenvalue weighted by atomic mass is 10.0. The maximum absolute atomic E-state index is 12.2. The lowest BCUT2D eigenvalue weighted by Gasteiger charge is -2.12. The number of carbonyl (C=O) groups excluding carboxylic acids is 3. The maximum atomic E-state index is 12.2. The molecular formula is C20H18N4O5. The molecule has 1 fully saturated rings. The molecule has 2 aromatic heterocycles. The molecule has 0 saturated carbocycles. The number of nitrogens with one attached hydrogen (secondary N) is 2. The van der Waals surface area contributed by atoms with Crippen LogP contribution in [0.25, 0.3) is 11.0 Å². The van der Waals surface area contributed by atoms with Crippen molar-refractivity contribution in [2.45, 2.75) is 32.6 Å². The van der Waals surface area contributed by atoms with Gasteiger partial charge in [0.25, 0.3) is 17.4 Å². The molecule has 148 valence electrons. The van der Waals surface area contributed by atoms with Crippen molar-refractivity contribution in [2.75, 3.05) is 0 Å². The largest absolute Gasteiger partial charge is 0.363 e. The average molecular weight is 394 g/mol. The van der Waals surface area contributed by atoms with E-state index in [0.717, 1.165) is 11.1 Å². The van der Waals surface area contributed by atoms with Gasteiger partial charge in [-0.3, -0.25) is 14.4 Å². The average Bonchev–Trinajstić information content (AvgIpc) is 3.24. The zero-order valence-corrected chi connectivity index (χ0v) is 15.7. The van der Waals surface area contributed by atoms with E-state index < -0.39 is 17.8 Å². The first-order valence-corrected chi connectivity index (χ1v) is 9.16. The summed E-state index contributed by atoms with van der Waals surface area (Å²) < 4.78 is 0. The number of amides is 2. The number of aryl methyl sites for hydroxylation is 3. The number of nitrogens with zero attached hydrogens (tertiary/aromatic N) is 2. The molecule has 9 heteroatoms. The van der Waals surface area contributed by atoms with Crippen molar-refractivity contribution in [3.8, 4) is 0 Å². The molecule has 29 heavy (non-hydrogen) atoms. The fourth-order valence-electron chi connectivity index (χ4n) is 3.29. The van der Waals surface area contributed by atoms with Crippen LogP contribution in [0, 0.1) is 6.92 Å². The number of benzene rings is 1. The van der Waals surface area contributed by atoms with Crippen LogP contribution in [0.1, 0.15) is 40.2 Å². The zero-order valence-electron chi connectivity index (χ0n) is 15.7. The summed E-state index contributed by atoms with van der Waals surface area (Å²) in [5.74, 6) is -1.24. The van der Waals surface area contributed by atoms with Gasteiger partial charge >= 0.3 is 5.97 Å². The molecule has 2 amide bonds. The van der Waals surface area contributed by atoms with Crippen molar-refractivity contribution in [2.24, 2.45) is 0 Å². The fourth-order valence-corrected chi connectivity index (χ4v) is 3.29. The molecule has 2 N–H and O–H groups in total. The molecule has 9 nitrogen and oxygen atoms in total. The normalized spacial score (nSPS) is 14.0. The van der Waals surface area contributed by atoms with Crippen LogP contribution in [0.4, 0.5) is 0 Å². The lowest BCUT2D eigenvalue weighted by Crippen LogP contribution is -2.32. The quantitative estimate of drug-likeness (QED) is 0.633. The van der Waals surface area contributed by atoms with Gasteiger partial charge in [-0.05, 0) is 43.0 Å². The van der Waals surface area contributed by atoms with Crippen LogP contribution in [-0.4, -0.2) is 37.8 Å². The SMILES string of the molecule is Cc1nc2[nH]cc(CCc3ccc(C(=O)ON4C(=O)CCC4=O)cc3)c2c(=O)[nH]1. The van der Waals surface area contributed by atoms with Gasteiger partial charge in [0.1, 0.15) is 11.5 Å². The number of H-pyrrole nitrogens is 2. The van der Waals surface area contributed by atoms with Crippen molar-refractivity contribution >= 4 is 28.8 Å². The molecule has 4 rings (SSSR count). The Bertz CT molecular complexity index is 1160. The van der Waals surface area contributed by atoms with Gasteiger partial charge in [0.05, 0.1) is 10.9 Å².